The molecule has 2 N–H and O–H groups in total. The molecule has 40 heavy (non-hydrogen) atoms. The van der Waals surface area contributed by atoms with Gasteiger partial charge in [0.25, 0.3) is 5.89 Å². The van der Waals surface area contributed by atoms with Crippen LogP contribution in [0.1, 0.15) is 22.6 Å². The summed E-state index contributed by atoms with van der Waals surface area (Å²) in [5.74, 6) is 3.55. The Labute approximate surface area is 229 Å². The highest BCUT2D eigenvalue weighted by Crippen LogP contribution is 2.38. The van der Waals surface area contributed by atoms with Crippen LogP contribution in [0.25, 0.3) is 23.4 Å². The molecular formula is C28H26N3O8P. The average Bonchev–Trinajstić information content (AvgIpc) is 3.70. The molecule has 0 amide bonds. The van der Waals surface area contributed by atoms with Crippen molar-refractivity contribution in [1.82, 2.24) is 14.8 Å². The van der Waals surface area contributed by atoms with Crippen LogP contribution in [0.3, 0.4) is 0 Å². The molecule has 12 heteroatoms. The zero-order valence-corrected chi connectivity index (χ0v) is 22.5. The van der Waals surface area contributed by atoms with E-state index >= 15 is 0 Å². The van der Waals surface area contributed by atoms with Crippen LogP contribution in [0.4, 0.5) is 0 Å². The average molecular weight is 564 g/mol. The maximum absolute atomic E-state index is 11.4. The SMILES string of the molecule is COc1cc(COc2nn(-c3ccccc3)cc2/C=C\P(=O)(O)O)ccc1OCc1nc(-c2ccco2)oc1C. The van der Waals surface area contributed by atoms with Crippen LogP contribution in [-0.4, -0.2) is 31.7 Å². The lowest BCUT2D eigenvalue weighted by atomic mass is 10.2. The molecule has 3 heterocycles. The van der Waals surface area contributed by atoms with Gasteiger partial charge in [-0.3, -0.25) is 4.57 Å². The first-order valence-corrected chi connectivity index (χ1v) is 13.8. The zero-order chi connectivity index (χ0) is 28.1. The fourth-order valence-corrected chi connectivity index (χ4v) is 4.13. The summed E-state index contributed by atoms with van der Waals surface area (Å²) < 4.78 is 41.4. The number of hydrogen-bond acceptors (Lipinski definition) is 8. The lowest BCUT2D eigenvalue weighted by molar-refractivity contribution is 0.275. The molecule has 0 radical (unpaired) electrons. The summed E-state index contributed by atoms with van der Waals surface area (Å²) in [6.45, 7) is 2.08. The van der Waals surface area contributed by atoms with Crippen molar-refractivity contribution in [2.24, 2.45) is 0 Å². The van der Waals surface area contributed by atoms with E-state index in [1.165, 1.54) is 13.2 Å². The molecular weight excluding hydrogens is 537 g/mol. The molecule has 3 aromatic heterocycles. The number of benzene rings is 2. The Kier molecular flexibility index (Phi) is 7.88. The first-order chi connectivity index (χ1) is 19.3. The van der Waals surface area contributed by atoms with Crippen molar-refractivity contribution in [3.8, 4) is 34.7 Å². The molecule has 2 aromatic carbocycles. The molecule has 206 valence electrons. The van der Waals surface area contributed by atoms with Gasteiger partial charge >= 0.3 is 7.60 Å². The van der Waals surface area contributed by atoms with E-state index in [9.17, 15) is 14.4 Å². The Balaban J connectivity index is 1.30. The fraction of sp³-hybridized carbons (Fsp3) is 0.143. The van der Waals surface area contributed by atoms with E-state index < -0.39 is 7.60 Å². The summed E-state index contributed by atoms with van der Waals surface area (Å²) in [5, 5.41) is 4.46. The van der Waals surface area contributed by atoms with Gasteiger partial charge in [-0.2, -0.15) is 0 Å². The third-order valence-electron chi connectivity index (χ3n) is 5.77. The van der Waals surface area contributed by atoms with Crippen molar-refractivity contribution < 1.29 is 37.4 Å². The number of methoxy groups -OCH3 is 1. The van der Waals surface area contributed by atoms with Gasteiger partial charge in [0.2, 0.25) is 5.88 Å². The number of ether oxygens (including phenoxy) is 3. The lowest BCUT2D eigenvalue weighted by Gasteiger charge is -2.12. The number of aromatic nitrogens is 3. The van der Waals surface area contributed by atoms with Gasteiger partial charge < -0.3 is 32.8 Å². The smallest absolute Gasteiger partial charge is 0.349 e. The predicted molar refractivity (Wildman–Crippen MR) is 145 cm³/mol. The van der Waals surface area contributed by atoms with Crippen molar-refractivity contribution in [2.75, 3.05) is 7.11 Å². The molecule has 0 spiro atoms. The van der Waals surface area contributed by atoms with Crippen LogP contribution in [0.15, 0.2) is 87.8 Å². The Morgan fingerprint density at radius 3 is 2.58 bits per heavy atom. The number of para-hydroxylation sites is 1. The zero-order valence-electron chi connectivity index (χ0n) is 21.6. The minimum absolute atomic E-state index is 0.119. The monoisotopic (exact) mass is 563 g/mol. The Morgan fingerprint density at radius 2 is 1.85 bits per heavy atom. The Bertz CT molecular complexity index is 1650. The summed E-state index contributed by atoms with van der Waals surface area (Å²) in [6.07, 6.45) is 4.48. The van der Waals surface area contributed by atoms with E-state index in [0.29, 0.717) is 40.2 Å². The number of aryl methyl sites for hydroxylation is 1. The number of oxazole rings is 1. The maximum Gasteiger partial charge on any atom is 0.349 e. The van der Waals surface area contributed by atoms with Crippen molar-refractivity contribution in [2.45, 2.75) is 20.1 Å². The van der Waals surface area contributed by atoms with E-state index in [1.54, 1.807) is 48.3 Å². The van der Waals surface area contributed by atoms with Gasteiger partial charge in [-0.1, -0.05) is 24.3 Å². The first kappa shape index (κ1) is 27.0. The van der Waals surface area contributed by atoms with Crippen LogP contribution >= 0.6 is 7.60 Å². The molecule has 0 saturated carbocycles. The summed E-state index contributed by atoms with van der Waals surface area (Å²) >= 11 is 0. The molecule has 0 unspecified atom stereocenters. The van der Waals surface area contributed by atoms with Crippen molar-refractivity contribution in [1.29, 1.82) is 0 Å². The second-order valence-electron chi connectivity index (χ2n) is 8.64. The maximum atomic E-state index is 11.4. The van der Waals surface area contributed by atoms with Crippen LogP contribution < -0.4 is 14.2 Å². The minimum Gasteiger partial charge on any atom is -0.493 e. The Hall–Kier alpha value is -4.57. The van der Waals surface area contributed by atoms with Gasteiger partial charge in [0.05, 0.1) is 24.6 Å². The lowest BCUT2D eigenvalue weighted by Crippen LogP contribution is -2.02. The second-order valence-corrected chi connectivity index (χ2v) is 10.1. The van der Waals surface area contributed by atoms with Crippen LogP contribution in [0, 0.1) is 6.92 Å². The highest BCUT2D eigenvalue weighted by Gasteiger charge is 2.16. The number of rotatable bonds is 11. The molecule has 0 aliphatic rings. The van der Waals surface area contributed by atoms with Crippen molar-refractivity contribution >= 4 is 13.7 Å². The fourth-order valence-electron chi connectivity index (χ4n) is 3.77. The van der Waals surface area contributed by atoms with Crippen LogP contribution in [0.2, 0.25) is 0 Å². The highest BCUT2D eigenvalue weighted by molar-refractivity contribution is 7.55. The quantitative estimate of drug-likeness (QED) is 0.191. The standard InChI is InChI=1S/C28H26N3O8P/c1-19-23(29-28(39-19)25-9-6-13-36-25)18-37-24-11-10-20(15-26(24)35-2)17-38-27-21(12-14-40(32,33)34)16-31(30-27)22-7-4-3-5-8-22/h3-16H,17-18H2,1-2H3,(H2,32,33,34)/b14-12-. The normalized spacial score (nSPS) is 11.7. The third kappa shape index (κ3) is 6.52. The summed E-state index contributed by atoms with van der Waals surface area (Å²) in [6, 6.07) is 18.2. The van der Waals surface area contributed by atoms with E-state index in [1.807, 2.05) is 36.4 Å². The van der Waals surface area contributed by atoms with Crippen LogP contribution in [0.5, 0.6) is 17.4 Å². The molecule has 0 bridgehead atoms. The molecule has 0 aliphatic heterocycles. The summed E-state index contributed by atoms with van der Waals surface area (Å²) in [5.41, 5.74) is 2.58. The predicted octanol–water partition coefficient (Wildman–Crippen LogP) is 5.74. The highest BCUT2D eigenvalue weighted by atomic mass is 31.2. The Morgan fingerprint density at radius 1 is 1.02 bits per heavy atom. The van der Waals surface area contributed by atoms with E-state index in [4.69, 9.17) is 23.0 Å². The van der Waals surface area contributed by atoms with Crippen LogP contribution in [-0.2, 0) is 17.8 Å². The first-order valence-electron chi connectivity index (χ1n) is 12.1. The molecule has 11 nitrogen and oxygen atoms in total. The summed E-state index contributed by atoms with van der Waals surface area (Å²) in [7, 11) is -2.83. The van der Waals surface area contributed by atoms with Crippen molar-refractivity contribution in [3.05, 3.63) is 102 Å². The van der Waals surface area contributed by atoms with Gasteiger partial charge in [0.15, 0.2) is 17.3 Å². The van der Waals surface area contributed by atoms with Gasteiger partial charge in [-0.05, 0) is 55.0 Å². The van der Waals surface area contributed by atoms with Gasteiger partial charge in [-0.15, -0.1) is 5.10 Å². The molecule has 5 rings (SSSR count). The number of nitrogens with zero attached hydrogens (tertiary/aromatic N) is 3. The van der Waals surface area contributed by atoms with E-state index in [-0.39, 0.29) is 19.1 Å². The largest absolute Gasteiger partial charge is 0.493 e. The molecule has 0 saturated heterocycles. The topological polar surface area (TPSA) is 142 Å². The molecule has 0 fully saturated rings. The molecule has 0 atom stereocenters. The minimum atomic E-state index is -4.37. The summed E-state index contributed by atoms with van der Waals surface area (Å²) in [4.78, 5) is 23.0. The molecule has 5 aromatic rings. The third-order valence-corrected chi connectivity index (χ3v) is 6.31. The van der Waals surface area contributed by atoms with Crippen molar-refractivity contribution in [3.63, 3.8) is 0 Å². The number of hydrogen-bond donors (Lipinski definition) is 2. The van der Waals surface area contributed by atoms with Gasteiger partial charge in [-0.25, -0.2) is 9.67 Å². The van der Waals surface area contributed by atoms with E-state index in [0.717, 1.165) is 17.1 Å². The number of furan rings is 1. The van der Waals surface area contributed by atoms with Gasteiger partial charge in [0, 0.05) is 12.0 Å². The molecule has 0 aliphatic carbocycles. The van der Waals surface area contributed by atoms with E-state index in [2.05, 4.69) is 10.1 Å². The van der Waals surface area contributed by atoms with Gasteiger partial charge in [0.1, 0.15) is 24.7 Å². The second kappa shape index (κ2) is 11.7.